The van der Waals surface area contributed by atoms with Crippen molar-refractivity contribution >= 4 is 11.9 Å². The van der Waals surface area contributed by atoms with Gasteiger partial charge in [-0.1, -0.05) is 97.3 Å². The summed E-state index contributed by atoms with van der Waals surface area (Å²) < 4.78 is 0. The van der Waals surface area contributed by atoms with Crippen molar-refractivity contribution in [2.75, 3.05) is 6.54 Å². The fraction of sp³-hybridized carbons (Fsp3) is 0.917. The molecule has 0 aliphatic heterocycles. The van der Waals surface area contributed by atoms with Gasteiger partial charge in [-0.15, -0.1) is 0 Å². The molecule has 0 bridgehead atoms. The summed E-state index contributed by atoms with van der Waals surface area (Å²) >= 11 is 0. The minimum absolute atomic E-state index is 0.193. The Bertz CT molecular complexity index is 371. The zero-order valence-electron chi connectivity index (χ0n) is 18.8. The van der Waals surface area contributed by atoms with Gasteiger partial charge in [0, 0.05) is 18.9 Å². The Labute approximate surface area is 174 Å². The Balaban J connectivity index is 3.94. The van der Waals surface area contributed by atoms with E-state index in [0.717, 1.165) is 51.5 Å². The Kier molecular flexibility index (Phi) is 19.9. The molecule has 0 aromatic heterocycles. The number of carboxylic acid groups (broad SMARTS) is 1. The third-order valence-electron chi connectivity index (χ3n) is 5.55. The van der Waals surface area contributed by atoms with Crippen molar-refractivity contribution in [3.05, 3.63) is 0 Å². The Hall–Kier alpha value is -1.06. The molecular formula is C24H47NO3. The van der Waals surface area contributed by atoms with E-state index < -0.39 is 5.97 Å². The lowest BCUT2D eigenvalue weighted by Crippen LogP contribution is -2.31. The van der Waals surface area contributed by atoms with Crippen LogP contribution in [-0.2, 0) is 9.59 Å². The topological polar surface area (TPSA) is 66.4 Å². The van der Waals surface area contributed by atoms with Gasteiger partial charge in [-0.05, 0) is 25.7 Å². The molecule has 0 aliphatic carbocycles. The molecule has 0 radical (unpaired) electrons. The molecule has 0 aliphatic rings. The first-order chi connectivity index (χ1) is 13.6. The molecule has 0 fully saturated rings. The molecular weight excluding hydrogens is 350 g/mol. The van der Waals surface area contributed by atoms with Crippen LogP contribution in [0.15, 0.2) is 0 Å². The largest absolute Gasteiger partial charge is 0.481 e. The second-order valence-electron chi connectivity index (χ2n) is 8.31. The van der Waals surface area contributed by atoms with Gasteiger partial charge in [-0.3, -0.25) is 9.59 Å². The first-order valence-corrected chi connectivity index (χ1v) is 12.1. The summed E-state index contributed by atoms with van der Waals surface area (Å²) in [6.07, 6.45) is 19.8. The van der Waals surface area contributed by atoms with Crippen LogP contribution in [0.5, 0.6) is 0 Å². The lowest BCUT2D eigenvalue weighted by molar-refractivity contribution is -0.137. The second kappa shape index (κ2) is 20.7. The van der Waals surface area contributed by atoms with Crippen LogP contribution in [0.4, 0.5) is 0 Å². The highest BCUT2D eigenvalue weighted by atomic mass is 16.4. The molecule has 0 saturated carbocycles. The zero-order valence-corrected chi connectivity index (χ0v) is 18.8. The molecule has 4 nitrogen and oxygen atoms in total. The highest BCUT2D eigenvalue weighted by Crippen LogP contribution is 2.19. The van der Waals surface area contributed by atoms with E-state index in [4.69, 9.17) is 5.11 Å². The predicted octanol–water partition coefficient (Wildman–Crippen LogP) is 6.87. The van der Waals surface area contributed by atoms with Crippen LogP contribution in [0, 0.1) is 5.92 Å². The van der Waals surface area contributed by atoms with E-state index in [9.17, 15) is 9.59 Å². The van der Waals surface area contributed by atoms with Crippen molar-refractivity contribution in [1.29, 1.82) is 0 Å². The van der Waals surface area contributed by atoms with E-state index in [0.29, 0.717) is 0 Å². The molecule has 0 aromatic carbocycles. The first kappa shape index (κ1) is 26.9. The van der Waals surface area contributed by atoms with Gasteiger partial charge in [0.05, 0.1) is 0 Å². The molecule has 0 heterocycles. The summed E-state index contributed by atoms with van der Waals surface area (Å²) in [7, 11) is 0. The SMILES string of the molecule is CCCCCCCCC(CCCCCC)C(=O)NCCCCCCCC(=O)O. The predicted molar refractivity (Wildman–Crippen MR) is 119 cm³/mol. The first-order valence-electron chi connectivity index (χ1n) is 12.1. The van der Waals surface area contributed by atoms with Crippen LogP contribution >= 0.6 is 0 Å². The maximum Gasteiger partial charge on any atom is 0.303 e. The van der Waals surface area contributed by atoms with Gasteiger partial charge in [-0.25, -0.2) is 0 Å². The summed E-state index contributed by atoms with van der Waals surface area (Å²) in [5, 5.41) is 11.8. The molecule has 1 atom stereocenters. The average molecular weight is 398 g/mol. The number of hydrogen-bond acceptors (Lipinski definition) is 2. The lowest BCUT2D eigenvalue weighted by atomic mass is 9.93. The van der Waals surface area contributed by atoms with Crippen LogP contribution in [-0.4, -0.2) is 23.5 Å². The monoisotopic (exact) mass is 397 g/mol. The summed E-state index contributed by atoms with van der Waals surface area (Å²) in [5.41, 5.74) is 0. The Morgan fingerprint density at radius 1 is 0.679 bits per heavy atom. The van der Waals surface area contributed by atoms with Crippen molar-refractivity contribution in [2.24, 2.45) is 5.92 Å². The number of hydrogen-bond donors (Lipinski definition) is 2. The van der Waals surface area contributed by atoms with E-state index in [2.05, 4.69) is 19.2 Å². The molecule has 166 valence electrons. The zero-order chi connectivity index (χ0) is 20.9. The standard InChI is InChI=1S/C24H47NO3/c1-3-5-7-9-11-15-19-22(18-14-8-6-4-2)24(28)25-21-17-13-10-12-16-20-23(26)27/h22H,3-21H2,1-2H3,(H,25,28)(H,26,27). The van der Waals surface area contributed by atoms with E-state index in [1.54, 1.807) is 0 Å². The van der Waals surface area contributed by atoms with Crippen molar-refractivity contribution in [3.8, 4) is 0 Å². The molecule has 0 aromatic rings. The number of amides is 1. The minimum atomic E-state index is -0.706. The van der Waals surface area contributed by atoms with Crippen LogP contribution in [0.2, 0.25) is 0 Å². The van der Waals surface area contributed by atoms with Crippen LogP contribution < -0.4 is 5.32 Å². The molecule has 0 saturated heterocycles. The van der Waals surface area contributed by atoms with Crippen molar-refractivity contribution < 1.29 is 14.7 Å². The maximum absolute atomic E-state index is 12.6. The summed E-state index contributed by atoms with van der Waals surface area (Å²) in [6.45, 7) is 5.23. The summed E-state index contributed by atoms with van der Waals surface area (Å²) in [5.74, 6) is -0.253. The van der Waals surface area contributed by atoms with Crippen molar-refractivity contribution in [3.63, 3.8) is 0 Å². The summed E-state index contributed by atoms with van der Waals surface area (Å²) in [4.78, 5) is 23.1. The van der Waals surface area contributed by atoms with E-state index >= 15 is 0 Å². The Morgan fingerprint density at radius 2 is 1.14 bits per heavy atom. The van der Waals surface area contributed by atoms with E-state index in [1.807, 2.05) is 0 Å². The number of carbonyl (C=O) groups is 2. The normalized spacial score (nSPS) is 12.1. The van der Waals surface area contributed by atoms with Gasteiger partial charge in [0.2, 0.25) is 5.91 Å². The highest BCUT2D eigenvalue weighted by Gasteiger charge is 2.17. The lowest BCUT2D eigenvalue weighted by Gasteiger charge is -2.17. The number of rotatable bonds is 21. The third-order valence-corrected chi connectivity index (χ3v) is 5.55. The third kappa shape index (κ3) is 18.3. The number of nitrogens with one attached hydrogen (secondary N) is 1. The van der Waals surface area contributed by atoms with Crippen molar-refractivity contribution in [2.45, 2.75) is 129 Å². The summed E-state index contributed by atoms with van der Waals surface area (Å²) in [6, 6.07) is 0. The molecule has 0 rings (SSSR count). The Morgan fingerprint density at radius 3 is 1.71 bits per heavy atom. The fourth-order valence-corrected chi connectivity index (χ4v) is 3.68. The number of aliphatic carboxylic acids is 1. The van der Waals surface area contributed by atoms with Gasteiger partial charge in [-0.2, -0.15) is 0 Å². The maximum atomic E-state index is 12.6. The average Bonchev–Trinajstić information content (AvgIpc) is 2.67. The molecule has 0 spiro atoms. The van der Waals surface area contributed by atoms with Crippen LogP contribution in [0.25, 0.3) is 0 Å². The molecule has 2 N–H and O–H groups in total. The molecule has 1 unspecified atom stereocenters. The second-order valence-corrected chi connectivity index (χ2v) is 8.31. The van der Waals surface area contributed by atoms with Crippen LogP contribution in [0.1, 0.15) is 129 Å². The number of carboxylic acids is 1. The number of carbonyl (C=O) groups excluding carboxylic acids is 1. The van der Waals surface area contributed by atoms with Gasteiger partial charge in [0.25, 0.3) is 0 Å². The fourth-order valence-electron chi connectivity index (χ4n) is 3.68. The smallest absolute Gasteiger partial charge is 0.303 e. The van der Waals surface area contributed by atoms with Crippen molar-refractivity contribution in [1.82, 2.24) is 5.32 Å². The number of unbranched alkanes of at least 4 members (excludes halogenated alkanes) is 12. The van der Waals surface area contributed by atoms with Gasteiger partial charge in [0.15, 0.2) is 0 Å². The molecule has 4 heteroatoms. The van der Waals surface area contributed by atoms with E-state index in [-0.39, 0.29) is 18.2 Å². The van der Waals surface area contributed by atoms with Gasteiger partial charge >= 0.3 is 5.97 Å². The molecule has 28 heavy (non-hydrogen) atoms. The molecule has 1 amide bonds. The van der Waals surface area contributed by atoms with Crippen LogP contribution in [0.3, 0.4) is 0 Å². The minimum Gasteiger partial charge on any atom is -0.481 e. The quantitative estimate of drug-likeness (QED) is 0.208. The van der Waals surface area contributed by atoms with Gasteiger partial charge in [0.1, 0.15) is 0 Å². The van der Waals surface area contributed by atoms with Gasteiger partial charge < -0.3 is 10.4 Å². The highest BCUT2D eigenvalue weighted by molar-refractivity contribution is 5.78. The van der Waals surface area contributed by atoms with E-state index in [1.165, 1.54) is 64.2 Å².